The number of benzene rings is 1. The topological polar surface area (TPSA) is 44.3 Å². The van der Waals surface area contributed by atoms with Gasteiger partial charge in [-0.3, -0.25) is 4.40 Å². The fourth-order valence-corrected chi connectivity index (χ4v) is 4.15. The molecule has 4 nitrogen and oxygen atoms in total. The van der Waals surface area contributed by atoms with E-state index in [1.807, 2.05) is 25.1 Å². The molecule has 0 amide bonds. The number of hydrogen-bond acceptors (Lipinski definition) is 3. The van der Waals surface area contributed by atoms with Crippen LogP contribution < -0.4 is 4.90 Å². The van der Waals surface area contributed by atoms with Crippen LogP contribution in [0.2, 0.25) is 0 Å². The summed E-state index contributed by atoms with van der Waals surface area (Å²) < 4.78 is 2.17. The van der Waals surface area contributed by atoms with E-state index >= 15 is 0 Å². The van der Waals surface area contributed by atoms with Gasteiger partial charge in [0.2, 0.25) is 0 Å². The van der Waals surface area contributed by atoms with Crippen LogP contribution in [0, 0.1) is 30.1 Å². The molecule has 4 heteroatoms. The number of hydrogen-bond donors (Lipinski definition) is 0. The van der Waals surface area contributed by atoms with Crippen molar-refractivity contribution in [2.24, 2.45) is 11.8 Å². The van der Waals surface area contributed by atoms with Crippen LogP contribution in [0.5, 0.6) is 0 Å². The number of pyridine rings is 1. The van der Waals surface area contributed by atoms with Gasteiger partial charge >= 0.3 is 0 Å². The number of rotatable bonds is 1. The van der Waals surface area contributed by atoms with E-state index in [4.69, 9.17) is 4.98 Å². The molecule has 0 bridgehead atoms. The van der Waals surface area contributed by atoms with Crippen molar-refractivity contribution in [2.45, 2.75) is 27.2 Å². The Morgan fingerprint density at radius 2 is 1.88 bits per heavy atom. The Labute approximate surface area is 142 Å². The molecule has 2 aromatic heterocycles. The second-order valence-electron chi connectivity index (χ2n) is 7.28. The third-order valence-corrected chi connectivity index (χ3v) is 5.06. The van der Waals surface area contributed by atoms with Gasteiger partial charge in [-0.05, 0) is 48.9 Å². The highest BCUT2D eigenvalue weighted by atomic mass is 15.2. The van der Waals surface area contributed by atoms with Gasteiger partial charge in [-0.1, -0.05) is 26.0 Å². The van der Waals surface area contributed by atoms with Gasteiger partial charge in [0.15, 0.2) is 5.65 Å². The normalized spacial score (nSPS) is 21.3. The van der Waals surface area contributed by atoms with Crippen LogP contribution in [0.15, 0.2) is 30.3 Å². The van der Waals surface area contributed by atoms with Crippen LogP contribution in [-0.2, 0) is 0 Å². The zero-order valence-corrected chi connectivity index (χ0v) is 14.5. The van der Waals surface area contributed by atoms with E-state index in [0.29, 0.717) is 17.4 Å². The summed E-state index contributed by atoms with van der Waals surface area (Å²) in [6.45, 7) is 8.76. The zero-order chi connectivity index (χ0) is 16.8. The molecule has 1 saturated heterocycles. The first-order valence-electron chi connectivity index (χ1n) is 8.64. The summed E-state index contributed by atoms with van der Waals surface area (Å²) in [7, 11) is 0. The number of nitrogens with zero attached hydrogens (tertiary/aromatic N) is 4. The fraction of sp³-hybridized carbons (Fsp3) is 0.400. The maximum absolute atomic E-state index is 9.61. The van der Waals surface area contributed by atoms with E-state index in [1.165, 1.54) is 6.42 Å². The molecule has 0 saturated carbocycles. The van der Waals surface area contributed by atoms with Crippen LogP contribution in [0.1, 0.15) is 31.4 Å². The summed E-state index contributed by atoms with van der Waals surface area (Å²) in [5, 5.41) is 9.61. The molecule has 0 N–H and O–H groups in total. The lowest BCUT2D eigenvalue weighted by atomic mass is 9.92. The van der Waals surface area contributed by atoms with Gasteiger partial charge in [0.1, 0.15) is 11.9 Å². The Morgan fingerprint density at radius 3 is 2.58 bits per heavy atom. The number of anilines is 1. The number of piperidine rings is 1. The number of aryl methyl sites for hydroxylation is 1. The van der Waals surface area contributed by atoms with Crippen LogP contribution in [-0.4, -0.2) is 22.5 Å². The lowest BCUT2D eigenvalue weighted by Gasteiger charge is -2.37. The zero-order valence-electron chi connectivity index (χ0n) is 14.5. The van der Waals surface area contributed by atoms with Gasteiger partial charge in [-0.2, -0.15) is 5.26 Å². The standard InChI is InChI=1S/C20H22N4/c1-13-8-14(2)12-23(11-13)19-9-15(3)16(10-21)20-22-17-6-4-5-7-18(17)24(19)20/h4-7,9,13-14H,8,11-12H2,1-3H3/t13-,14+. The van der Waals surface area contributed by atoms with Gasteiger partial charge < -0.3 is 4.90 Å². The predicted octanol–water partition coefficient (Wildman–Crippen LogP) is 4.15. The Balaban J connectivity index is 2.03. The average molecular weight is 318 g/mol. The maximum atomic E-state index is 9.61. The smallest absolute Gasteiger partial charge is 0.157 e. The second kappa shape index (κ2) is 5.52. The van der Waals surface area contributed by atoms with Crippen molar-refractivity contribution in [3.63, 3.8) is 0 Å². The second-order valence-corrected chi connectivity index (χ2v) is 7.28. The number of para-hydroxylation sites is 2. The maximum Gasteiger partial charge on any atom is 0.157 e. The monoisotopic (exact) mass is 318 g/mol. The Morgan fingerprint density at radius 1 is 1.17 bits per heavy atom. The lowest BCUT2D eigenvalue weighted by Crippen LogP contribution is -2.39. The fourth-order valence-electron chi connectivity index (χ4n) is 4.15. The molecule has 1 aromatic carbocycles. The molecule has 1 fully saturated rings. The lowest BCUT2D eigenvalue weighted by molar-refractivity contribution is 0.355. The molecule has 0 spiro atoms. The molecule has 24 heavy (non-hydrogen) atoms. The molecular formula is C20H22N4. The molecule has 0 radical (unpaired) electrons. The van der Waals surface area contributed by atoms with Crippen molar-refractivity contribution in [1.29, 1.82) is 5.26 Å². The Bertz CT molecular complexity index is 953. The molecule has 3 heterocycles. The summed E-state index contributed by atoms with van der Waals surface area (Å²) in [6, 6.07) is 12.6. The first-order valence-corrected chi connectivity index (χ1v) is 8.64. The van der Waals surface area contributed by atoms with Crippen molar-refractivity contribution < 1.29 is 0 Å². The van der Waals surface area contributed by atoms with E-state index in [2.05, 4.69) is 41.4 Å². The minimum atomic E-state index is 0.674. The summed E-state index contributed by atoms with van der Waals surface area (Å²) in [4.78, 5) is 7.22. The predicted molar refractivity (Wildman–Crippen MR) is 97.3 cm³/mol. The van der Waals surface area contributed by atoms with E-state index in [1.54, 1.807) is 0 Å². The molecule has 1 aliphatic rings. The molecule has 4 rings (SSSR count). The van der Waals surface area contributed by atoms with Crippen LogP contribution in [0.3, 0.4) is 0 Å². The number of aromatic nitrogens is 2. The highest BCUT2D eigenvalue weighted by molar-refractivity contribution is 5.85. The molecule has 122 valence electrons. The Kier molecular flexibility index (Phi) is 3.45. The van der Waals surface area contributed by atoms with Crippen molar-refractivity contribution >= 4 is 22.5 Å². The third kappa shape index (κ3) is 2.24. The van der Waals surface area contributed by atoms with Crippen molar-refractivity contribution in [1.82, 2.24) is 9.38 Å². The average Bonchev–Trinajstić information content (AvgIpc) is 2.92. The molecule has 2 atom stereocenters. The van der Waals surface area contributed by atoms with Crippen molar-refractivity contribution in [3.8, 4) is 6.07 Å². The summed E-state index contributed by atoms with van der Waals surface area (Å²) in [5.41, 5.74) is 4.47. The minimum Gasteiger partial charge on any atom is -0.357 e. The van der Waals surface area contributed by atoms with Gasteiger partial charge in [-0.25, -0.2) is 4.98 Å². The quantitative estimate of drug-likeness (QED) is 0.677. The molecule has 1 aliphatic heterocycles. The summed E-state index contributed by atoms with van der Waals surface area (Å²) in [6.07, 6.45) is 1.28. The largest absolute Gasteiger partial charge is 0.357 e. The van der Waals surface area contributed by atoms with Crippen LogP contribution in [0.25, 0.3) is 16.7 Å². The van der Waals surface area contributed by atoms with Crippen molar-refractivity contribution in [2.75, 3.05) is 18.0 Å². The summed E-state index contributed by atoms with van der Waals surface area (Å²) >= 11 is 0. The molecule has 0 unspecified atom stereocenters. The molecule has 3 aromatic rings. The highest BCUT2D eigenvalue weighted by Gasteiger charge is 2.25. The van der Waals surface area contributed by atoms with Gasteiger partial charge in [0, 0.05) is 13.1 Å². The van der Waals surface area contributed by atoms with Gasteiger partial charge in [0.05, 0.1) is 16.6 Å². The highest BCUT2D eigenvalue weighted by Crippen LogP contribution is 2.32. The SMILES string of the molecule is Cc1cc(N2C[C@H](C)C[C@H](C)C2)n2c(nc3ccccc32)c1C#N. The van der Waals surface area contributed by atoms with Crippen LogP contribution >= 0.6 is 0 Å². The third-order valence-electron chi connectivity index (χ3n) is 5.06. The van der Waals surface area contributed by atoms with Crippen molar-refractivity contribution in [3.05, 3.63) is 41.5 Å². The van der Waals surface area contributed by atoms with Crippen LogP contribution in [0.4, 0.5) is 5.82 Å². The molecule has 0 aliphatic carbocycles. The van der Waals surface area contributed by atoms with E-state index in [9.17, 15) is 5.26 Å². The van der Waals surface area contributed by atoms with Gasteiger partial charge in [0.25, 0.3) is 0 Å². The number of imidazole rings is 1. The first-order chi connectivity index (χ1) is 11.6. The van der Waals surface area contributed by atoms with E-state index in [-0.39, 0.29) is 0 Å². The minimum absolute atomic E-state index is 0.674. The number of fused-ring (bicyclic) bond motifs is 3. The number of nitriles is 1. The summed E-state index contributed by atoms with van der Waals surface area (Å²) in [5.74, 6) is 2.51. The molecular weight excluding hydrogens is 296 g/mol. The first kappa shape index (κ1) is 15.0. The van der Waals surface area contributed by atoms with E-state index < -0.39 is 0 Å². The Hall–Kier alpha value is -2.54. The van der Waals surface area contributed by atoms with E-state index in [0.717, 1.165) is 41.2 Å². The van der Waals surface area contributed by atoms with Gasteiger partial charge in [-0.15, -0.1) is 0 Å².